The van der Waals surface area contributed by atoms with E-state index in [1.54, 1.807) is 0 Å². The SMILES string of the molecule is O=C(O)c1ccc2c(c1)C(=O)N(c1cccc(Oc3c(F)c(F)c(Oc4cccc(N5C(=O)c6ccc(C(=O)O)cc6C5=O)c4)c(F)c3F)c1)C2=O. The van der Waals surface area contributed by atoms with Crippen LogP contribution < -0.4 is 19.3 Å². The Morgan fingerprint density at radius 2 is 0.827 bits per heavy atom. The van der Waals surface area contributed by atoms with E-state index in [1.807, 2.05) is 0 Å². The van der Waals surface area contributed by atoms with Crippen molar-refractivity contribution in [2.45, 2.75) is 0 Å². The fourth-order valence-corrected chi connectivity index (χ4v) is 5.60. The smallest absolute Gasteiger partial charge is 0.335 e. The number of nitrogens with zero attached hydrogens (tertiary/aromatic N) is 2. The van der Waals surface area contributed by atoms with Crippen LogP contribution in [0.25, 0.3) is 0 Å². The summed E-state index contributed by atoms with van der Waals surface area (Å²) in [6.07, 6.45) is 0. The molecule has 0 aliphatic carbocycles. The fourth-order valence-electron chi connectivity index (χ4n) is 5.60. The van der Waals surface area contributed by atoms with Crippen molar-refractivity contribution < 1.29 is 66.0 Å². The number of carboxylic acid groups (broad SMARTS) is 2. The number of anilines is 2. The monoisotopic (exact) mass is 712 g/mol. The maximum Gasteiger partial charge on any atom is 0.335 e. The zero-order chi connectivity index (χ0) is 37.2. The van der Waals surface area contributed by atoms with E-state index in [0.717, 1.165) is 60.7 Å². The molecule has 0 atom stereocenters. The van der Waals surface area contributed by atoms with Gasteiger partial charge in [-0.15, -0.1) is 0 Å². The van der Waals surface area contributed by atoms with Crippen molar-refractivity contribution in [2.24, 2.45) is 0 Å². The van der Waals surface area contributed by atoms with Crippen LogP contribution in [0, 0.1) is 23.3 Å². The molecule has 258 valence electrons. The first-order valence-electron chi connectivity index (χ1n) is 14.7. The molecular formula is C36H16F4N2O10. The lowest BCUT2D eigenvalue weighted by molar-refractivity contribution is 0.0686. The fraction of sp³-hybridized carbons (Fsp3) is 0. The zero-order valence-electron chi connectivity index (χ0n) is 25.6. The van der Waals surface area contributed by atoms with Gasteiger partial charge in [0.15, 0.2) is 0 Å². The third kappa shape index (κ3) is 5.25. The number of imide groups is 2. The first-order valence-corrected chi connectivity index (χ1v) is 14.7. The molecule has 0 saturated heterocycles. The number of carbonyl (C=O) groups excluding carboxylic acids is 4. The number of hydrogen-bond acceptors (Lipinski definition) is 8. The number of halogens is 4. The van der Waals surface area contributed by atoms with Crippen LogP contribution in [0.5, 0.6) is 23.0 Å². The van der Waals surface area contributed by atoms with Crippen LogP contribution in [0.4, 0.5) is 28.9 Å². The van der Waals surface area contributed by atoms with Gasteiger partial charge in [-0.3, -0.25) is 19.2 Å². The van der Waals surface area contributed by atoms with Crippen LogP contribution >= 0.6 is 0 Å². The minimum Gasteiger partial charge on any atom is -0.478 e. The van der Waals surface area contributed by atoms with Crippen molar-refractivity contribution >= 4 is 46.9 Å². The van der Waals surface area contributed by atoms with Gasteiger partial charge in [0.1, 0.15) is 11.5 Å². The Morgan fingerprint density at radius 1 is 0.481 bits per heavy atom. The van der Waals surface area contributed by atoms with E-state index in [9.17, 15) is 39.0 Å². The number of hydrogen-bond donors (Lipinski definition) is 2. The number of aromatic carboxylic acids is 2. The average Bonchev–Trinajstić information content (AvgIpc) is 3.54. The molecule has 0 radical (unpaired) electrons. The molecule has 4 amide bonds. The molecule has 7 rings (SSSR count). The minimum atomic E-state index is -2.04. The average molecular weight is 713 g/mol. The molecule has 2 N–H and O–H groups in total. The van der Waals surface area contributed by atoms with Gasteiger partial charge in [0.25, 0.3) is 23.6 Å². The van der Waals surface area contributed by atoms with Gasteiger partial charge in [0.05, 0.1) is 44.8 Å². The molecule has 0 spiro atoms. The Kier molecular flexibility index (Phi) is 7.78. The normalized spacial score (nSPS) is 13.4. The van der Waals surface area contributed by atoms with Crippen LogP contribution in [0.2, 0.25) is 0 Å². The molecule has 52 heavy (non-hydrogen) atoms. The van der Waals surface area contributed by atoms with Gasteiger partial charge in [-0.25, -0.2) is 19.4 Å². The van der Waals surface area contributed by atoms with Crippen LogP contribution in [0.3, 0.4) is 0 Å². The number of fused-ring (bicyclic) bond motifs is 2. The highest BCUT2D eigenvalue weighted by molar-refractivity contribution is 6.35. The summed E-state index contributed by atoms with van der Waals surface area (Å²) in [5.74, 6) is -18.3. The van der Waals surface area contributed by atoms with Gasteiger partial charge >= 0.3 is 11.9 Å². The van der Waals surface area contributed by atoms with Crippen LogP contribution in [-0.4, -0.2) is 45.8 Å². The lowest BCUT2D eigenvalue weighted by Crippen LogP contribution is -2.29. The second kappa shape index (κ2) is 12.2. The molecule has 5 aromatic rings. The summed E-state index contributed by atoms with van der Waals surface area (Å²) >= 11 is 0. The molecule has 0 aromatic heterocycles. The number of carboxylic acids is 2. The quantitative estimate of drug-likeness (QED) is 0.0989. The van der Waals surface area contributed by atoms with Gasteiger partial charge in [0.2, 0.25) is 34.8 Å². The van der Waals surface area contributed by atoms with E-state index >= 15 is 17.6 Å². The first-order chi connectivity index (χ1) is 24.8. The van der Waals surface area contributed by atoms with Crippen molar-refractivity contribution in [3.8, 4) is 23.0 Å². The molecule has 0 unspecified atom stereocenters. The Bertz CT molecular complexity index is 2290. The van der Waals surface area contributed by atoms with Gasteiger partial charge in [0, 0.05) is 12.1 Å². The molecule has 5 aromatic carbocycles. The van der Waals surface area contributed by atoms with Crippen molar-refractivity contribution in [2.75, 3.05) is 9.80 Å². The molecule has 2 aliphatic rings. The third-order valence-corrected chi connectivity index (χ3v) is 8.04. The van der Waals surface area contributed by atoms with Gasteiger partial charge in [-0.05, 0) is 60.7 Å². The highest BCUT2D eigenvalue weighted by Gasteiger charge is 2.39. The molecule has 2 heterocycles. The number of benzene rings is 5. The summed E-state index contributed by atoms with van der Waals surface area (Å²) in [5, 5.41) is 18.5. The molecule has 12 nitrogen and oxygen atoms in total. The predicted octanol–water partition coefficient (Wildman–Crippen LogP) is 6.83. The molecule has 0 bridgehead atoms. The summed E-state index contributed by atoms with van der Waals surface area (Å²) in [4.78, 5) is 76.0. The summed E-state index contributed by atoms with van der Waals surface area (Å²) < 4.78 is 71.4. The van der Waals surface area contributed by atoms with Crippen LogP contribution in [0.15, 0.2) is 84.9 Å². The lowest BCUT2D eigenvalue weighted by atomic mass is 10.1. The van der Waals surface area contributed by atoms with Gasteiger partial charge in [-0.1, -0.05) is 12.1 Å². The topological polar surface area (TPSA) is 168 Å². The van der Waals surface area contributed by atoms with E-state index in [-0.39, 0.29) is 44.8 Å². The Hall–Kier alpha value is -7.36. The van der Waals surface area contributed by atoms with E-state index < -0.39 is 81.8 Å². The first kappa shape index (κ1) is 33.2. The van der Waals surface area contributed by atoms with E-state index in [0.29, 0.717) is 9.80 Å². The summed E-state index contributed by atoms with van der Waals surface area (Å²) in [6, 6.07) is 15.7. The molecule has 2 aliphatic heterocycles. The summed E-state index contributed by atoms with van der Waals surface area (Å²) in [6.45, 7) is 0. The summed E-state index contributed by atoms with van der Waals surface area (Å²) in [7, 11) is 0. The second-order valence-corrected chi connectivity index (χ2v) is 11.1. The predicted molar refractivity (Wildman–Crippen MR) is 168 cm³/mol. The van der Waals surface area contributed by atoms with Gasteiger partial charge in [-0.2, -0.15) is 17.6 Å². The van der Waals surface area contributed by atoms with E-state index in [2.05, 4.69) is 0 Å². The molecular weight excluding hydrogens is 696 g/mol. The molecule has 0 fully saturated rings. The van der Waals surface area contributed by atoms with Crippen molar-refractivity contribution in [3.63, 3.8) is 0 Å². The highest BCUT2D eigenvalue weighted by Crippen LogP contribution is 2.41. The number of carbonyl (C=O) groups is 6. The maximum atomic E-state index is 15.3. The maximum absolute atomic E-state index is 15.3. The van der Waals surface area contributed by atoms with E-state index in [1.165, 1.54) is 24.3 Å². The van der Waals surface area contributed by atoms with Gasteiger partial charge < -0.3 is 19.7 Å². The third-order valence-electron chi connectivity index (χ3n) is 8.04. The Labute approximate surface area is 287 Å². The Morgan fingerprint density at radius 3 is 1.17 bits per heavy atom. The Balaban J connectivity index is 1.14. The number of ether oxygens (including phenoxy) is 2. The van der Waals surface area contributed by atoms with Crippen LogP contribution in [-0.2, 0) is 0 Å². The number of amides is 4. The van der Waals surface area contributed by atoms with E-state index in [4.69, 9.17) is 9.47 Å². The number of rotatable bonds is 8. The minimum absolute atomic E-state index is 0.110. The highest BCUT2D eigenvalue weighted by atomic mass is 19.2. The van der Waals surface area contributed by atoms with Crippen molar-refractivity contribution in [1.82, 2.24) is 0 Å². The van der Waals surface area contributed by atoms with Crippen molar-refractivity contribution in [1.29, 1.82) is 0 Å². The lowest BCUT2D eigenvalue weighted by Gasteiger charge is -2.17. The largest absolute Gasteiger partial charge is 0.478 e. The molecule has 16 heteroatoms. The van der Waals surface area contributed by atoms with Crippen LogP contribution in [0.1, 0.15) is 62.1 Å². The zero-order valence-corrected chi connectivity index (χ0v) is 25.6. The standard InChI is InChI=1S/C36H16F4N2O10/c37-25-27(39)30(52-20-6-2-4-18(14-20)42-32(44)22-10-8-16(36(49)50)12-24(22)34(42)46)28(40)26(38)29(25)51-19-5-1-3-17(13-19)41-31(43)21-9-7-15(35(47)48)11-23(21)33(41)45/h1-14H,(H,47,48)(H,49,50). The second-order valence-electron chi connectivity index (χ2n) is 11.1. The molecule has 0 saturated carbocycles. The summed E-state index contributed by atoms with van der Waals surface area (Å²) in [5.41, 5.74) is -1.51. The van der Waals surface area contributed by atoms with Crippen molar-refractivity contribution in [3.05, 3.63) is 142 Å².